The molecule has 0 unspecified atom stereocenters. The first kappa shape index (κ1) is 16.9. The van der Waals surface area contributed by atoms with Gasteiger partial charge in [-0.3, -0.25) is 9.69 Å². The summed E-state index contributed by atoms with van der Waals surface area (Å²) in [5, 5.41) is 11.7. The number of halogens is 2. The highest BCUT2D eigenvalue weighted by atomic mass is 35.5. The second kappa shape index (κ2) is 6.19. The number of benzene rings is 2. The van der Waals surface area contributed by atoms with E-state index in [1.165, 1.54) is 12.1 Å². The van der Waals surface area contributed by atoms with Crippen molar-refractivity contribution >= 4 is 23.5 Å². The van der Waals surface area contributed by atoms with Gasteiger partial charge in [0.05, 0.1) is 18.2 Å². The van der Waals surface area contributed by atoms with Gasteiger partial charge in [-0.25, -0.2) is 9.18 Å². The predicted molar refractivity (Wildman–Crippen MR) is 89.0 cm³/mol. The molecular formula is C18H13ClFN3O2. The summed E-state index contributed by atoms with van der Waals surface area (Å²) in [6.07, 6.45) is 0. The summed E-state index contributed by atoms with van der Waals surface area (Å²) in [6.45, 7) is 1.54. The molecule has 0 aromatic heterocycles. The van der Waals surface area contributed by atoms with Crippen LogP contribution in [0, 0.1) is 17.1 Å². The monoisotopic (exact) mass is 357 g/mol. The predicted octanol–water partition coefficient (Wildman–Crippen LogP) is 3.32. The van der Waals surface area contributed by atoms with Gasteiger partial charge in [0.25, 0.3) is 5.91 Å². The maximum absolute atomic E-state index is 13.2. The Labute approximate surface area is 148 Å². The van der Waals surface area contributed by atoms with Gasteiger partial charge in [0.15, 0.2) is 0 Å². The maximum atomic E-state index is 13.2. The minimum Gasteiger partial charge on any atom is -0.319 e. The molecule has 5 nitrogen and oxygen atoms in total. The molecule has 1 heterocycles. The second-order valence-corrected chi connectivity index (χ2v) is 6.28. The van der Waals surface area contributed by atoms with Crippen molar-refractivity contribution in [3.8, 4) is 6.07 Å². The Hall–Kier alpha value is -2.91. The minimum absolute atomic E-state index is 0.0599. The fraction of sp³-hybridized carbons (Fsp3) is 0.167. The molecule has 3 rings (SSSR count). The van der Waals surface area contributed by atoms with Gasteiger partial charge in [0, 0.05) is 5.02 Å². The number of hydrogen-bond acceptors (Lipinski definition) is 3. The Morgan fingerprint density at radius 3 is 2.52 bits per heavy atom. The average molecular weight is 358 g/mol. The zero-order valence-electron chi connectivity index (χ0n) is 13.2. The van der Waals surface area contributed by atoms with E-state index in [2.05, 4.69) is 5.32 Å². The molecule has 3 amide bonds. The number of amides is 3. The van der Waals surface area contributed by atoms with Crippen LogP contribution in [0.15, 0.2) is 42.5 Å². The first-order valence-electron chi connectivity index (χ1n) is 7.44. The van der Waals surface area contributed by atoms with Crippen molar-refractivity contribution in [3.05, 3.63) is 70.0 Å². The molecule has 126 valence electrons. The van der Waals surface area contributed by atoms with E-state index >= 15 is 0 Å². The zero-order chi connectivity index (χ0) is 18.2. The van der Waals surface area contributed by atoms with Crippen molar-refractivity contribution < 1.29 is 14.0 Å². The molecule has 1 atom stereocenters. The summed E-state index contributed by atoms with van der Waals surface area (Å²) in [5.74, 6) is -0.934. The molecule has 0 aliphatic carbocycles. The Balaban J connectivity index is 1.89. The number of carbonyl (C=O) groups is 2. The molecule has 1 aliphatic heterocycles. The van der Waals surface area contributed by atoms with Crippen LogP contribution in [0.2, 0.25) is 5.02 Å². The summed E-state index contributed by atoms with van der Waals surface area (Å²) in [4.78, 5) is 26.2. The van der Waals surface area contributed by atoms with E-state index in [9.17, 15) is 14.0 Å². The summed E-state index contributed by atoms with van der Waals surface area (Å²) >= 11 is 5.98. The van der Waals surface area contributed by atoms with E-state index < -0.39 is 23.3 Å². The Kier molecular flexibility index (Phi) is 4.19. The number of rotatable bonds is 3. The van der Waals surface area contributed by atoms with Crippen molar-refractivity contribution in [3.63, 3.8) is 0 Å². The Morgan fingerprint density at radius 2 is 1.92 bits per heavy atom. The molecule has 1 aliphatic rings. The quantitative estimate of drug-likeness (QED) is 0.856. The van der Waals surface area contributed by atoms with Crippen LogP contribution in [-0.2, 0) is 16.9 Å². The lowest BCUT2D eigenvalue weighted by atomic mass is 9.91. The molecule has 2 aromatic rings. The Bertz CT molecular complexity index is 908. The smallest absolute Gasteiger partial charge is 0.319 e. The molecule has 25 heavy (non-hydrogen) atoms. The summed E-state index contributed by atoms with van der Waals surface area (Å²) in [6, 6.07) is 11.7. The minimum atomic E-state index is -1.24. The molecule has 1 N–H and O–H groups in total. The topological polar surface area (TPSA) is 73.2 Å². The molecule has 1 fully saturated rings. The average Bonchev–Trinajstić information content (AvgIpc) is 2.81. The number of hydrogen-bond donors (Lipinski definition) is 1. The van der Waals surface area contributed by atoms with Crippen LogP contribution in [0.1, 0.15) is 23.6 Å². The molecule has 1 saturated heterocycles. The lowest BCUT2D eigenvalue weighted by Gasteiger charge is -2.22. The molecule has 2 aromatic carbocycles. The van der Waals surface area contributed by atoms with E-state index in [4.69, 9.17) is 16.9 Å². The van der Waals surface area contributed by atoms with Gasteiger partial charge in [0.1, 0.15) is 11.4 Å². The van der Waals surface area contributed by atoms with Gasteiger partial charge in [-0.2, -0.15) is 5.26 Å². The van der Waals surface area contributed by atoms with E-state index in [-0.39, 0.29) is 11.6 Å². The van der Waals surface area contributed by atoms with Crippen LogP contribution in [0.5, 0.6) is 0 Å². The van der Waals surface area contributed by atoms with E-state index in [0.717, 1.165) is 11.0 Å². The number of imide groups is 1. The highest BCUT2D eigenvalue weighted by Crippen LogP contribution is 2.31. The molecule has 0 saturated carbocycles. The number of nitrogens with one attached hydrogen (secondary N) is 1. The fourth-order valence-corrected chi connectivity index (χ4v) is 2.96. The number of nitrogens with zero attached hydrogens (tertiary/aromatic N) is 2. The van der Waals surface area contributed by atoms with Crippen LogP contribution in [0.4, 0.5) is 9.18 Å². The van der Waals surface area contributed by atoms with Gasteiger partial charge in [0.2, 0.25) is 0 Å². The Morgan fingerprint density at radius 1 is 1.24 bits per heavy atom. The number of nitriles is 1. The van der Waals surface area contributed by atoms with Crippen molar-refractivity contribution in [2.24, 2.45) is 0 Å². The molecule has 0 bridgehead atoms. The van der Waals surface area contributed by atoms with Crippen molar-refractivity contribution in [2.45, 2.75) is 19.0 Å². The summed E-state index contributed by atoms with van der Waals surface area (Å²) < 4.78 is 13.2. The molecular weight excluding hydrogens is 345 g/mol. The first-order chi connectivity index (χ1) is 11.8. The summed E-state index contributed by atoms with van der Waals surface area (Å²) in [7, 11) is 0. The first-order valence-corrected chi connectivity index (χ1v) is 7.81. The largest absolute Gasteiger partial charge is 0.325 e. The van der Waals surface area contributed by atoms with Gasteiger partial charge in [-0.1, -0.05) is 29.8 Å². The zero-order valence-corrected chi connectivity index (χ0v) is 14.0. The van der Waals surface area contributed by atoms with Crippen molar-refractivity contribution in [2.75, 3.05) is 0 Å². The van der Waals surface area contributed by atoms with Gasteiger partial charge >= 0.3 is 6.03 Å². The highest BCUT2D eigenvalue weighted by Gasteiger charge is 2.48. The lowest BCUT2D eigenvalue weighted by Crippen LogP contribution is -2.40. The van der Waals surface area contributed by atoms with Crippen molar-refractivity contribution in [1.29, 1.82) is 5.26 Å². The third kappa shape index (κ3) is 2.94. The molecule has 0 spiro atoms. The summed E-state index contributed by atoms with van der Waals surface area (Å²) in [5.41, 5.74) is 0.254. The van der Waals surface area contributed by atoms with E-state index in [0.29, 0.717) is 16.7 Å². The van der Waals surface area contributed by atoms with Gasteiger partial charge in [-0.15, -0.1) is 0 Å². The second-order valence-electron chi connectivity index (χ2n) is 5.87. The van der Waals surface area contributed by atoms with Crippen LogP contribution < -0.4 is 5.32 Å². The van der Waals surface area contributed by atoms with Gasteiger partial charge < -0.3 is 5.32 Å². The van der Waals surface area contributed by atoms with Crippen molar-refractivity contribution in [1.82, 2.24) is 10.2 Å². The normalized spacial score (nSPS) is 19.7. The SMILES string of the molecule is C[C@]1(c2ccc(C#N)cc2)NC(=O)N(Cc2ccc(F)cc2Cl)C1=O. The number of urea groups is 1. The maximum Gasteiger partial charge on any atom is 0.325 e. The van der Waals surface area contributed by atoms with Crippen LogP contribution in [0.3, 0.4) is 0 Å². The standard InChI is InChI=1S/C18H13ClFN3O2/c1-18(13-5-2-11(9-21)3-6-13)16(24)23(17(25)22-18)10-12-4-7-14(20)8-15(12)19/h2-8H,10H2,1H3,(H,22,25)/t18-/m1/s1. The van der Waals surface area contributed by atoms with Gasteiger partial charge in [-0.05, 0) is 42.3 Å². The van der Waals surface area contributed by atoms with Crippen LogP contribution in [0.25, 0.3) is 0 Å². The van der Waals surface area contributed by atoms with Crippen LogP contribution in [-0.4, -0.2) is 16.8 Å². The third-order valence-corrected chi connectivity index (χ3v) is 4.56. The molecule has 0 radical (unpaired) electrons. The van der Waals surface area contributed by atoms with Crippen LogP contribution >= 0.6 is 11.6 Å². The van der Waals surface area contributed by atoms with E-state index in [1.807, 2.05) is 6.07 Å². The number of carbonyl (C=O) groups excluding carboxylic acids is 2. The lowest BCUT2D eigenvalue weighted by molar-refractivity contribution is -0.131. The fourth-order valence-electron chi connectivity index (χ4n) is 2.73. The highest BCUT2D eigenvalue weighted by molar-refractivity contribution is 6.31. The third-order valence-electron chi connectivity index (χ3n) is 4.21. The van der Waals surface area contributed by atoms with E-state index in [1.54, 1.807) is 31.2 Å². The molecule has 7 heteroatoms.